The Morgan fingerprint density at radius 2 is 1.03 bits per heavy atom. The fraction of sp³-hybridized carbons (Fsp3) is 0. The van der Waals surface area contributed by atoms with Crippen LogP contribution in [0.2, 0.25) is 0 Å². The second-order valence-electron chi connectivity index (χ2n) is 9.81. The molecule has 0 radical (unpaired) electrons. The quantitative estimate of drug-likeness (QED) is 0.227. The van der Waals surface area contributed by atoms with Crippen LogP contribution in [-0.4, -0.2) is 4.57 Å². The van der Waals surface area contributed by atoms with Crippen molar-refractivity contribution in [3.8, 4) is 27.9 Å². The van der Waals surface area contributed by atoms with Gasteiger partial charge >= 0.3 is 0 Å². The molecule has 0 amide bonds. The van der Waals surface area contributed by atoms with Crippen molar-refractivity contribution in [3.63, 3.8) is 0 Å². The number of hydrogen-bond acceptors (Lipinski definition) is 1. The van der Waals surface area contributed by atoms with Crippen LogP contribution in [0.1, 0.15) is 0 Å². The maximum atomic E-state index is 2.42. The molecule has 2 heteroatoms. The lowest BCUT2D eigenvalue weighted by atomic mass is 9.98. The third-order valence-corrected chi connectivity index (χ3v) is 8.73. The lowest BCUT2D eigenvalue weighted by molar-refractivity contribution is 1.19. The maximum absolute atomic E-state index is 2.42. The van der Waals surface area contributed by atoms with Gasteiger partial charge in [-0.1, -0.05) is 97.1 Å². The first kappa shape index (κ1) is 21.4. The van der Waals surface area contributed by atoms with E-state index in [1.54, 1.807) is 0 Å². The molecule has 8 rings (SSSR count). The van der Waals surface area contributed by atoms with Crippen molar-refractivity contribution in [2.45, 2.75) is 0 Å². The fourth-order valence-corrected chi connectivity index (χ4v) is 6.93. The molecule has 0 N–H and O–H groups in total. The zero-order valence-corrected chi connectivity index (χ0v) is 21.5. The number of rotatable bonds is 3. The van der Waals surface area contributed by atoms with Gasteiger partial charge in [0.05, 0.1) is 11.0 Å². The number of nitrogens with zero attached hydrogens (tertiary/aromatic N) is 1. The summed E-state index contributed by atoms with van der Waals surface area (Å²) >= 11 is 1.87. The molecule has 0 spiro atoms. The first-order chi connectivity index (χ1) is 18.8. The smallest absolute Gasteiger partial charge is 0.0541 e. The van der Waals surface area contributed by atoms with Crippen LogP contribution in [0.5, 0.6) is 0 Å². The van der Waals surface area contributed by atoms with E-state index in [1.165, 1.54) is 69.9 Å². The van der Waals surface area contributed by atoms with Gasteiger partial charge in [0.25, 0.3) is 0 Å². The average Bonchev–Trinajstić information content (AvgIpc) is 3.52. The molecule has 0 atom stereocenters. The average molecular weight is 502 g/mol. The molecule has 0 saturated carbocycles. The Balaban J connectivity index is 1.32. The van der Waals surface area contributed by atoms with E-state index in [0.29, 0.717) is 0 Å². The van der Waals surface area contributed by atoms with Gasteiger partial charge in [-0.15, -0.1) is 11.3 Å². The Morgan fingerprint density at radius 1 is 0.368 bits per heavy atom. The lowest BCUT2D eigenvalue weighted by Crippen LogP contribution is -1.93. The van der Waals surface area contributed by atoms with E-state index < -0.39 is 0 Å². The summed E-state index contributed by atoms with van der Waals surface area (Å²) in [4.78, 5) is 0. The summed E-state index contributed by atoms with van der Waals surface area (Å²) in [5.41, 5.74) is 8.61. The summed E-state index contributed by atoms with van der Waals surface area (Å²) in [6.07, 6.45) is 0. The van der Waals surface area contributed by atoms with Crippen LogP contribution >= 0.6 is 11.3 Å². The van der Waals surface area contributed by atoms with Crippen molar-refractivity contribution in [2.24, 2.45) is 0 Å². The van der Waals surface area contributed by atoms with Crippen LogP contribution in [0.25, 0.3) is 69.9 Å². The molecular weight excluding hydrogens is 478 g/mol. The second kappa shape index (κ2) is 8.44. The number of hydrogen-bond donors (Lipinski definition) is 0. The largest absolute Gasteiger partial charge is 0.309 e. The van der Waals surface area contributed by atoms with Gasteiger partial charge in [-0.2, -0.15) is 0 Å². The molecule has 0 fully saturated rings. The molecule has 0 unspecified atom stereocenters. The monoisotopic (exact) mass is 501 g/mol. The van der Waals surface area contributed by atoms with Crippen LogP contribution in [0.3, 0.4) is 0 Å². The van der Waals surface area contributed by atoms with Crippen molar-refractivity contribution < 1.29 is 0 Å². The number of thiophene rings is 1. The van der Waals surface area contributed by atoms with E-state index in [1.807, 2.05) is 11.3 Å². The highest BCUT2D eigenvalue weighted by Gasteiger charge is 2.14. The fourth-order valence-electron chi connectivity index (χ4n) is 5.79. The molecule has 0 saturated heterocycles. The van der Waals surface area contributed by atoms with Crippen LogP contribution in [0, 0.1) is 0 Å². The molecule has 2 heterocycles. The summed E-state index contributed by atoms with van der Waals surface area (Å²) in [5.74, 6) is 0. The number of benzene rings is 6. The summed E-state index contributed by atoms with van der Waals surface area (Å²) in [5, 5.41) is 5.22. The third kappa shape index (κ3) is 3.31. The van der Waals surface area contributed by atoms with E-state index in [4.69, 9.17) is 0 Å². The van der Waals surface area contributed by atoms with Crippen molar-refractivity contribution >= 4 is 53.3 Å². The Labute approximate surface area is 224 Å². The molecule has 178 valence electrons. The van der Waals surface area contributed by atoms with Gasteiger partial charge in [0.1, 0.15) is 0 Å². The maximum Gasteiger partial charge on any atom is 0.0541 e. The van der Waals surface area contributed by atoms with E-state index in [9.17, 15) is 0 Å². The van der Waals surface area contributed by atoms with Crippen LogP contribution in [0.15, 0.2) is 140 Å². The van der Waals surface area contributed by atoms with Gasteiger partial charge < -0.3 is 4.57 Å². The highest BCUT2D eigenvalue weighted by Crippen LogP contribution is 2.39. The predicted octanol–water partition coefficient (Wildman–Crippen LogP) is 10.5. The van der Waals surface area contributed by atoms with Crippen LogP contribution in [0.4, 0.5) is 0 Å². The molecule has 6 aromatic carbocycles. The standard InChI is InChI=1S/C36H23NS/c1-2-9-24(10-3-1)25-11-8-12-26(21-25)27-17-20-34-32(22-27)29-13-4-6-15-33(29)37(34)28-18-19-31-30-14-5-7-16-35(30)38-36(31)23-28/h1-23H. The van der Waals surface area contributed by atoms with Crippen molar-refractivity contribution in [1.29, 1.82) is 0 Å². The van der Waals surface area contributed by atoms with Gasteiger partial charge in [-0.25, -0.2) is 0 Å². The molecule has 8 aromatic rings. The SMILES string of the molecule is c1ccc(-c2cccc(-c3ccc4c(c3)c3ccccc3n4-c3ccc4c(c3)sc3ccccc34)c2)cc1. The lowest BCUT2D eigenvalue weighted by Gasteiger charge is -2.09. The minimum Gasteiger partial charge on any atom is -0.309 e. The minimum absolute atomic E-state index is 1.20. The van der Waals surface area contributed by atoms with Crippen molar-refractivity contribution in [2.75, 3.05) is 0 Å². The Morgan fingerprint density at radius 3 is 1.92 bits per heavy atom. The minimum atomic E-state index is 1.20. The number of fused-ring (bicyclic) bond motifs is 6. The topological polar surface area (TPSA) is 4.93 Å². The third-order valence-electron chi connectivity index (χ3n) is 7.60. The molecule has 0 aliphatic rings. The number of aromatic nitrogens is 1. The summed E-state index contributed by atoms with van der Waals surface area (Å²) in [6, 6.07) is 50.7. The molecular formula is C36H23NS. The zero-order chi connectivity index (χ0) is 25.1. The highest BCUT2D eigenvalue weighted by molar-refractivity contribution is 7.25. The van der Waals surface area contributed by atoms with Gasteiger partial charge in [-0.3, -0.25) is 0 Å². The van der Waals surface area contributed by atoms with Crippen molar-refractivity contribution in [1.82, 2.24) is 4.57 Å². The van der Waals surface area contributed by atoms with Crippen molar-refractivity contribution in [3.05, 3.63) is 140 Å². The van der Waals surface area contributed by atoms with Crippen LogP contribution < -0.4 is 0 Å². The van der Waals surface area contributed by atoms with Gasteiger partial charge in [0.15, 0.2) is 0 Å². The molecule has 0 bridgehead atoms. The number of para-hydroxylation sites is 1. The first-order valence-corrected chi connectivity index (χ1v) is 13.8. The van der Waals surface area contributed by atoms with E-state index in [2.05, 4.69) is 144 Å². The molecule has 38 heavy (non-hydrogen) atoms. The molecule has 0 aliphatic heterocycles. The summed E-state index contributed by atoms with van der Waals surface area (Å²) < 4.78 is 5.08. The first-order valence-electron chi connectivity index (χ1n) is 12.9. The summed E-state index contributed by atoms with van der Waals surface area (Å²) in [7, 11) is 0. The zero-order valence-electron chi connectivity index (χ0n) is 20.6. The highest BCUT2D eigenvalue weighted by atomic mass is 32.1. The Hall–Kier alpha value is -4.66. The van der Waals surface area contributed by atoms with Gasteiger partial charge in [0.2, 0.25) is 0 Å². The normalized spacial score (nSPS) is 11.7. The molecule has 1 nitrogen and oxygen atoms in total. The predicted molar refractivity (Wildman–Crippen MR) is 165 cm³/mol. The second-order valence-corrected chi connectivity index (χ2v) is 10.9. The summed E-state index contributed by atoms with van der Waals surface area (Å²) in [6.45, 7) is 0. The Bertz CT molecular complexity index is 2130. The van der Waals surface area contributed by atoms with E-state index >= 15 is 0 Å². The van der Waals surface area contributed by atoms with E-state index in [0.717, 1.165) is 0 Å². The van der Waals surface area contributed by atoms with E-state index in [-0.39, 0.29) is 0 Å². The van der Waals surface area contributed by atoms with Gasteiger partial charge in [0, 0.05) is 36.6 Å². The van der Waals surface area contributed by atoms with Crippen LogP contribution in [-0.2, 0) is 0 Å². The molecule has 2 aromatic heterocycles. The Kier molecular flexibility index (Phi) is 4.76. The van der Waals surface area contributed by atoms with Gasteiger partial charge in [-0.05, 0) is 64.7 Å². The molecule has 0 aliphatic carbocycles.